The van der Waals surface area contributed by atoms with Crippen LogP contribution in [0.5, 0.6) is 0 Å². The minimum Gasteiger partial charge on any atom is -0.396 e. The number of nitrogens with zero attached hydrogens (tertiary/aromatic N) is 3. The van der Waals surface area contributed by atoms with Gasteiger partial charge in [-0.15, -0.1) is 0 Å². The summed E-state index contributed by atoms with van der Waals surface area (Å²) in [6.07, 6.45) is 3.41. The summed E-state index contributed by atoms with van der Waals surface area (Å²) >= 11 is 0. The Morgan fingerprint density at radius 2 is 2.42 bits per heavy atom. The highest BCUT2D eigenvalue weighted by molar-refractivity contribution is 5.82. The van der Waals surface area contributed by atoms with Crippen LogP contribution in [0.4, 0.5) is 5.69 Å². The molecule has 2 atom stereocenters. The number of aliphatic hydroxyl groups is 1. The zero-order chi connectivity index (χ0) is 13.8. The van der Waals surface area contributed by atoms with E-state index in [2.05, 4.69) is 10.4 Å². The van der Waals surface area contributed by atoms with Crippen molar-refractivity contribution >= 4 is 11.6 Å². The molecule has 1 aromatic rings. The fourth-order valence-electron chi connectivity index (χ4n) is 2.45. The van der Waals surface area contributed by atoms with Crippen LogP contribution in [0.3, 0.4) is 0 Å². The molecular formula is C12H21N5O2. The van der Waals surface area contributed by atoms with Crippen LogP contribution in [-0.4, -0.2) is 57.5 Å². The second kappa shape index (κ2) is 6.03. The van der Waals surface area contributed by atoms with E-state index in [0.29, 0.717) is 25.3 Å². The van der Waals surface area contributed by atoms with Crippen molar-refractivity contribution in [2.24, 2.45) is 0 Å². The summed E-state index contributed by atoms with van der Waals surface area (Å²) in [5.41, 5.74) is 6.15. The Hall–Kier alpha value is -1.60. The number of anilines is 1. The van der Waals surface area contributed by atoms with Crippen molar-refractivity contribution in [3.05, 3.63) is 12.4 Å². The molecular weight excluding hydrogens is 246 g/mol. The summed E-state index contributed by atoms with van der Waals surface area (Å²) < 4.78 is 1.62. The standard InChI is InChI=1S/C12H21N5O2/c1-2-11-12(19)14-3-4-16(11)7-10(18)8-17-6-9(13)5-15-17/h5-6,10-11,18H,2-4,7-8,13H2,1H3,(H,14,19). The van der Waals surface area contributed by atoms with Gasteiger partial charge in [0.05, 0.1) is 30.6 Å². The van der Waals surface area contributed by atoms with Gasteiger partial charge in [-0.05, 0) is 6.42 Å². The molecule has 7 heteroatoms. The molecule has 2 unspecified atom stereocenters. The van der Waals surface area contributed by atoms with Crippen LogP contribution in [-0.2, 0) is 11.3 Å². The molecule has 1 aliphatic rings. The number of nitrogens with two attached hydrogens (primary N) is 1. The van der Waals surface area contributed by atoms with E-state index in [1.54, 1.807) is 17.1 Å². The molecule has 0 saturated carbocycles. The topological polar surface area (TPSA) is 96.4 Å². The van der Waals surface area contributed by atoms with Gasteiger partial charge in [-0.25, -0.2) is 0 Å². The molecule has 0 spiro atoms. The quantitative estimate of drug-likeness (QED) is 0.638. The first kappa shape index (κ1) is 13.8. The van der Waals surface area contributed by atoms with Gasteiger partial charge >= 0.3 is 0 Å². The molecule has 1 amide bonds. The number of aromatic nitrogens is 2. The lowest BCUT2D eigenvalue weighted by Gasteiger charge is -2.35. The Balaban J connectivity index is 1.90. The van der Waals surface area contributed by atoms with Crippen molar-refractivity contribution in [3.63, 3.8) is 0 Å². The van der Waals surface area contributed by atoms with Crippen molar-refractivity contribution in [2.75, 3.05) is 25.4 Å². The van der Waals surface area contributed by atoms with E-state index in [1.807, 2.05) is 11.8 Å². The van der Waals surface area contributed by atoms with Crippen LogP contribution < -0.4 is 11.1 Å². The fraction of sp³-hybridized carbons (Fsp3) is 0.667. The van der Waals surface area contributed by atoms with Gasteiger partial charge in [0.2, 0.25) is 5.91 Å². The number of nitrogens with one attached hydrogen (secondary N) is 1. The maximum atomic E-state index is 11.7. The number of aliphatic hydroxyl groups excluding tert-OH is 1. The number of β-amino-alcohol motifs (C(OH)–C–C–N with tert-alkyl or cyclic N) is 1. The molecule has 4 N–H and O–H groups in total. The Labute approximate surface area is 112 Å². The number of nitrogen functional groups attached to an aromatic ring is 1. The molecule has 1 aliphatic heterocycles. The lowest BCUT2D eigenvalue weighted by molar-refractivity contribution is -0.129. The molecule has 0 bridgehead atoms. The third-order valence-corrected chi connectivity index (χ3v) is 3.32. The van der Waals surface area contributed by atoms with Crippen molar-refractivity contribution in [2.45, 2.75) is 32.0 Å². The van der Waals surface area contributed by atoms with Crippen molar-refractivity contribution in [3.8, 4) is 0 Å². The van der Waals surface area contributed by atoms with E-state index in [4.69, 9.17) is 5.73 Å². The van der Waals surface area contributed by atoms with E-state index < -0.39 is 6.10 Å². The highest BCUT2D eigenvalue weighted by atomic mass is 16.3. The zero-order valence-corrected chi connectivity index (χ0v) is 11.1. The van der Waals surface area contributed by atoms with Crippen molar-refractivity contribution < 1.29 is 9.90 Å². The Kier molecular flexibility index (Phi) is 4.39. The third-order valence-electron chi connectivity index (χ3n) is 3.32. The van der Waals surface area contributed by atoms with E-state index >= 15 is 0 Å². The van der Waals surface area contributed by atoms with Gasteiger partial charge in [-0.3, -0.25) is 14.4 Å². The molecule has 0 aliphatic carbocycles. The summed E-state index contributed by atoms with van der Waals surface area (Å²) in [5, 5.41) is 17.0. The number of rotatable bonds is 5. The summed E-state index contributed by atoms with van der Waals surface area (Å²) in [6, 6.07) is -0.147. The van der Waals surface area contributed by atoms with Gasteiger partial charge in [0, 0.05) is 25.8 Å². The minimum atomic E-state index is -0.570. The Bertz CT molecular complexity index is 434. The lowest BCUT2D eigenvalue weighted by atomic mass is 10.1. The number of hydrogen-bond donors (Lipinski definition) is 3. The van der Waals surface area contributed by atoms with Gasteiger partial charge in [0.1, 0.15) is 0 Å². The average molecular weight is 267 g/mol. The molecule has 0 radical (unpaired) electrons. The van der Waals surface area contributed by atoms with Crippen LogP contribution in [0.1, 0.15) is 13.3 Å². The maximum Gasteiger partial charge on any atom is 0.237 e. The predicted molar refractivity (Wildman–Crippen MR) is 71.3 cm³/mol. The number of amides is 1. The summed E-state index contributed by atoms with van der Waals surface area (Å²) in [5.74, 6) is 0.0456. The van der Waals surface area contributed by atoms with Gasteiger partial charge in [0.15, 0.2) is 0 Å². The zero-order valence-electron chi connectivity index (χ0n) is 11.1. The largest absolute Gasteiger partial charge is 0.396 e. The number of piperazine rings is 1. The molecule has 7 nitrogen and oxygen atoms in total. The number of hydrogen-bond acceptors (Lipinski definition) is 5. The summed E-state index contributed by atoms with van der Waals surface area (Å²) in [4.78, 5) is 13.7. The normalized spacial score (nSPS) is 22.2. The number of carbonyl (C=O) groups is 1. The molecule has 106 valence electrons. The molecule has 2 heterocycles. The van der Waals surface area contributed by atoms with Crippen molar-refractivity contribution in [1.29, 1.82) is 0 Å². The number of carbonyl (C=O) groups excluding carboxylic acids is 1. The van der Waals surface area contributed by atoms with Crippen LogP contribution >= 0.6 is 0 Å². The second-order valence-electron chi connectivity index (χ2n) is 4.86. The average Bonchev–Trinajstić information content (AvgIpc) is 2.75. The first-order valence-corrected chi connectivity index (χ1v) is 6.58. The Morgan fingerprint density at radius 1 is 1.63 bits per heavy atom. The highest BCUT2D eigenvalue weighted by Crippen LogP contribution is 2.10. The monoisotopic (exact) mass is 267 g/mol. The van der Waals surface area contributed by atoms with Gasteiger partial charge in [0.25, 0.3) is 0 Å². The van der Waals surface area contributed by atoms with Crippen LogP contribution in [0.15, 0.2) is 12.4 Å². The molecule has 0 aromatic carbocycles. The fourth-order valence-corrected chi connectivity index (χ4v) is 2.45. The third kappa shape index (κ3) is 3.45. The molecule has 19 heavy (non-hydrogen) atoms. The lowest BCUT2D eigenvalue weighted by Crippen LogP contribution is -2.56. The van der Waals surface area contributed by atoms with Crippen LogP contribution in [0, 0.1) is 0 Å². The minimum absolute atomic E-state index is 0.0456. The first-order chi connectivity index (χ1) is 9.10. The molecule has 1 aromatic heterocycles. The van der Waals surface area contributed by atoms with E-state index in [9.17, 15) is 9.90 Å². The first-order valence-electron chi connectivity index (χ1n) is 6.58. The molecule has 2 rings (SSSR count). The Morgan fingerprint density at radius 3 is 3.05 bits per heavy atom. The van der Waals surface area contributed by atoms with Gasteiger partial charge in [-0.2, -0.15) is 5.10 Å². The molecule has 1 saturated heterocycles. The maximum absolute atomic E-state index is 11.7. The van der Waals surface area contributed by atoms with Gasteiger partial charge in [-0.1, -0.05) is 6.92 Å². The van der Waals surface area contributed by atoms with Gasteiger partial charge < -0.3 is 16.2 Å². The van der Waals surface area contributed by atoms with Crippen LogP contribution in [0.25, 0.3) is 0 Å². The van der Waals surface area contributed by atoms with E-state index in [0.717, 1.165) is 13.0 Å². The summed E-state index contributed by atoms with van der Waals surface area (Å²) in [7, 11) is 0. The predicted octanol–water partition coefficient (Wildman–Crippen LogP) is -0.963. The van der Waals surface area contributed by atoms with Crippen LogP contribution in [0.2, 0.25) is 0 Å². The highest BCUT2D eigenvalue weighted by Gasteiger charge is 2.29. The SMILES string of the molecule is CCC1C(=O)NCCN1CC(O)Cn1cc(N)cn1. The molecule has 1 fully saturated rings. The van der Waals surface area contributed by atoms with E-state index in [-0.39, 0.29) is 11.9 Å². The smallest absolute Gasteiger partial charge is 0.237 e. The second-order valence-corrected chi connectivity index (χ2v) is 4.86. The van der Waals surface area contributed by atoms with Crippen molar-refractivity contribution in [1.82, 2.24) is 20.0 Å². The van der Waals surface area contributed by atoms with E-state index in [1.165, 1.54) is 0 Å². The summed E-state index contributed by atoms with van der Waals surface area (Å²) in [6.45, 7) is 4.22.